The Kier molecular flexibility index (Phi) is 3.86. The molecular formula is C18H19N5O. The second kappa shape index (κ2) is 6.31. The summed E-state index contributed by atoms with van der Waals surface area (Å²) in [6.45, 7) is 0.455. The summed E-state index contributed by atoms with van der Waals surface area (Å²) in [5, 5.41) is 7.04. The van der Waals surface area contributed by atoms with E-state index in [1.165, 1.54) is 11.1 Å². The van der Waals surface area contributed by atoms with Gasteiger partial charge in [0.05, 0.1) is 12.6 Å². The largest absolute Gasteiger partial charge is 0.357 e. The van der Waals surface area contributed by atoms with Gasteiger partial charge in [-0.15, -0.1) is 0 Å². The number of H-pyrrole nitrogens is 1. The molecule has 0 saturated heterocycles. The van der Waals surface area contributed by atoms with E-state index in [1.807, 2.05) is 30.6 Å². The summed E-state index contributed by atoms with van der Waals surface area (Å²) in [5.74, 6) is 0. The highest BCUT2D eigenvalue weighted by molar-refractivity contribution is 5.79. The van der Waals surface area contributed by atoms with Crippen molar-refractivity contribution in [2.75, 3.05) is 0 Å². The number of amides is 2. The third kappa shape index (κ3) is 2.95. The van der Waals surface area contributed by atoms with Gasteiger partial charge in [-0.3, -0.25) is 9.97 Å². The normalized spacial score (nSPS) is 16.6. The lowest BCUT2D eigenvalue weighted by atomic mass is 9.89. The molecular weight excluding hydrogens is 302 g/mol. The Morgan fingerprint density at radius 2 is 2.12 bits per heavy atom. The number of fused-ring (bicyclic) bond motifs is 2. The molecule has 1 aliphatic rings. The molecule has 1 aliphatic carbocycles. The lowest BCUT2D eigenvalue weighted by molar-refractivity contribution is 0.235. The minimum Gasteiger partial charge on any atom is -0.357 e. The molecule has 6 nitrogen and oxygen atoms in total. The Morgan fingerprint density at radius 1 is 1.25 bits per heavy atom. The number of aryl methyl sites for hydroxylation is 1. The smallest absolute Gasteiger partial charge is 0.315 e. The van der Waals surface area contributed by atoms with Crippen molar-refractivity contribution in [1.82, 2.24) is 25.6 Å². The molecule has 3 aromatic rings. The van der Waals surface area contributed by atoms with E-state index in [4.69, 9.17) is 0 Å². The van der Waals surface area contributed by atoms with Crippen LogP contribution in [0, 0.1) is 0 Å². The van der Waals surface area contributed by atoms with Crippen molar-refractivity contribution in [2.24, 2.45) is 0 Å². The Bertz CT molecular complexity index is 839. The molecule has 0 aromatic carbocycles. The summed E-state index contributed by atoms with van der Waals surface area (Å²) in [7, 11) is 0. The number of hydrogen-bond donors (Lipinski definition) is 3. The number of rotatable bonds is 3. The second-order valence-corrected chi connectivity index (χ2v) is 6.10. The molecule has 0 bridgehead atoms. The van der Waals surface area contributed by atoms with Gasteiger partial charge in [-0.05, 0) is 48.6 Å². The molecule has 0 saturated carbocycles. The molecule has 6 heteroatoms. The highest BCUT2D eigenvalue weighted by atomic mass is 16.2. The first-order chi connectivity index (χ1) is 11.8. The number of aromatic amines is 1. The summed E-state index contributed by atoms with van der Waals surface area (Å²) in [6, 6.07) is 5.84. The van der Waals surface area contributed by atoms with Crippen molar-refractivity contribution in [3.05, 3.63) is 59.8 Å². The predicted molar refractivity (Wildman–Crippen MR) is 91.4 cm³/mol. The van der Waals surface area contributed by atoms with Gasteiger partial charge in [0.1, 0.15) is 0 Å². The Balaban J connectivity index is 1.39. The summed E-state index contributed by atoms with van der Waals surface area (Å²) in [6.07, 6.45) is 10.3. The molecule has 3 N–H and O–H groups in total. The molecule has 122 valence electrons. The van der Waals surface area contributed by atoms with Gasteiger partial charge in [0.2, 0.25) is 0 Å². The van der Waals surface area contributed by atoms with Crippen molar-refractivity contribution >= 4 is 16.9 Å². The van der Waals surface area contributed by atoms with Crippen LogP contribution in [0.3, 0.4) is 0 Å². The maximum absolute atomic E-state index is 12.2. The number of hydrogen-bond acceptors (Lipinski definition) is 3. The van der Waals surface area contributed by atoms with Crippen molar-refractivity contribution in [3.8, 4) is 0 Å². The number of nitrogens with one attached hydrogen (secondary N) is 3. The third-order valence-corrected chi connectivity index (χ3v) is 4.48. The summed E-state index contributed by atoms with van der Waals surface area (Å²) in [4.78, 5) is 23.8. The second-order valence-electron chi connectivity index (χ2n) is 6.10. The molecule has 4 rings (SSSR count). The van der Waals surface area contributed by atoms with Gasteiger partial charge in [-0.2, -0.15) is 0 Å². The quantitative estimate of drug-likeness (QED) is 0.693. The predicted octanol–water partition coefficient (Wildman–Crippen LogP) is 2.83. The Morgan fingerprint density at radius 3 is 3.04 bits per heavy atom. The van der Waals surface area contributed by atoms with Crippen LogP contribution in [-0.4, -0.2) is 21.0 Å². The van der Waals surface area contributed by atoms with Gasteiger partial charge in [-0.25, -0.2) is 4.79 Å². The zero-order valence-electron chi connectivity index (χ0n) is 13.2. The molecule has 24 heavy (non-hydrogen) atoms. The topological polar surface area (TPSA) is 82.7 Å². The highest BCUT2D eigenvalue weighted by Gasteiger charge is 2.21. The lowest BCUT2D eigenvalue weighted by Crippen LogP contribution is -2.38. The number of urea groups is 1. The maximum Gasteiger partial charge on any atom is 0.315 e. The molecule has 0 spiro atoms. The minimum atomic E-state index is -0.151. The van der Waals surface area contributed by atoms with Crippen LogP contribution in [0.5, 0.6) is 0 Å². The number of carbonyl (C=O) groups excluding carboxylic acids is 1. The van der Waals surface area contributed by atoms with Crippen molar-refractivity contribution in [3.63, 3.8) is 0 Å². The fraction of sp³-hybridized carbons (Fsp3) is 0.278. The van der Waals surface area contributed by atoms with Gasteiger partial charge in [-0.1, -0.05) is 0 Å². The van der Waals surface area contributed by atoms with E-state index in [0.29, 0.717) is 6.54 Å². The van der Waals surface area contributed by atoms with Crippen molar-refractivity contribution in [1.29, 1.82) is 0 Å². The number of pyridine rings is 2. The van der Waals surface area contributed by atoms with Crippen LogP contribution in [0.2, 0.25) is 0 Å². The van der Waals surface area contributed by atoms with Gasteiger partial charge in [0, 0.05) is 41.4 Å². The Hall–Kier alpha value is -2.89. The van der Waals surface area contributed by atoms with Crippen LogP contribution in [0.4, 0.5) is 4.79 Å². The van der Waals surface area contributed by atoms with E-state index in [1.54, 1.807) is 12.4 Å². The molecule has 3 heterocycles. The molecule has 2 amide bonds. The van der Waals surface area contributed by atoms with E-state index in [-0.39, 0.29) is 12.1 Å². The van der Waals surface area contributed by atoms with Gasteiger partial charge >= 0.3 is 6.03 Å². The van der Waals surface area contributed by atoms with Crippen LogP contribution in [-0.2, 0) is 13.0 Å². The molecule has 1 unspecified atom stereocenters. The molecule has 0 radical (unpaired) electrons. The third-order valence-electron chi connectivity index (χ3n) is 4.48. The molecule has 3 aromatic heterocycles. The number of carbonyl (C=O) groups is 1. The average Bonchev–Trinajstić information content (AvgIpc) is 3.03. The van der Waals surface area contributed by atoms with Gasteiger partial charge in [0.15, 0.2) is 0 Å². The highest BCUT2D eigenvalue weighted by Crippen LogP contribution is 2.28. The van der Waals surface area contributed by atoms with Crippen molar-refractivity contribution < 1.29 is 4.79 Å². The van der Waals surface area contributed by atoms with Crippen LogP contribution < -0.4 is 10.6 Å². The summed E-state index contributed by atoms with van der Waals surface area (Å²) < 4.78 is 0. The van der Waals surface area contributed by atoms with E-state index in [9.17, 15) is 4.79 Å². The van der Waals surface area contributed by atoms with Gasteiger partial charge in [0.25, 0.3) is 0 Å². The lowest BCUT2D eigenvalue weighted by Gasteiger charge is -2.26. The van der Waals surface area contributed by atoms with Gasteiger partial charge < -0.3 is 15.6 Å². The number of aromatic nitrogens is 3. The monoisotopic (exact) mass is 321 g/mol. The number of nitrogens with zero attached hydrogens (tertiary/aromatic N) is 2. The van der Waals surface area contributed by atoms with E-state index in [0.717, 1.165) is 35.9 Å². The van der Waals surface area contributed by atoms with Crippen molar-refractivity contribution in [2.45, 2.75) is 31.8 Å². The summed E-state index contributed by atoms with van der Waals surface area (Å²) >= 11 is 0. The average molecular weight is 321 g/mol. The zero-order chi connectivity index (χ0) is 16.4. The summed E-state index contributed by atoms with van der Waals surface area (Å²) in [5.41, 5.74) is 4.40. The standard InChI is InChI=1S/C18H19N5O/c24-18(21-11-14-8-13-10-20-7-5-16(13)22-14)23-17-3-1-2-12-9-19-6-4-15(12)17/h4-10,17,22H,1-3,11H2,(H2,21,23,24). The van der Waals surface area contributed by atoms with E-state index < -0.39 is 0 Å². The molecule has 0 aliphatic heterocycles. The fourth-order valence-electron chi connectivity index (χ4n) is 3.30. The van der Waals surface area contributed by atoms with E-state index in [2.05, 4.69) is 25.6 Å². The molecule has 1 atom stereocenters. The fourth-order valence-corrected chi connectivity index (χ4v) is 3.30. The first-order valence-electron chi connectivity index (χ1n) is 8.18. The first kappa shape index (κ1) is 14.7. The van der Waals surface area contributed by atoms with Crippen LogP contribution in [0.1, 0.15) is 35.7 Å². The van der Waals surface area contributed by atoms with E-state index >= 15 is 0 Å². The zero-order valence-corrected chi connectivity index (χ0v) is 13.2. The maximum atomic E-state index is 12.2. The Labute approximate surface area is 139 Å². The van der Waals surface area contributed by atoms with Crippen LogP contribution >= 0.6 is 0 Å². The SMILES string of the molecule is O=C(NCc1cc2cnccc2[nH]1)NC1CCCc2cnccc21. The van der Waals surface area contributed by atoms with Crippen LogP contribution in [0.15, 0.2) is 43.0 Å². The first-order valence-corrected chi connectivity index (χ1v) is 8.18. The molecule has 0 fully saturated rings. The minimum absolute atomic E-state index is 0.0589. The van der Waals surface area contributed by atoms with Crippen LogP contribution in [0.25, 0.3) is 10.9 Å².